The van der Waals surface area contributed by atoms with Gasteiger partial charge in [0, 0.05) is 18.3 Å². The Labute approximate surface area is 132 Å². The first kappa shape index (κ1) is 13.7. The maximum atomic E-state index is 13.6. The smallest absolute Gasteiger partial charge is 0.143 e. The van der Waals surface area contributed by atoms with Crippen LogP contribution in [0.3, 0.4) is 0 Å². The number of aromatic amines is 1. The highest BCUT2D eigenvalue weighted by Gasteiger charge is 2.26. The van der Waals surface area contributed by atoms with Crippen LogP contribution in [-0.4, -0.2) is 34.2 Å². The standard InChI is InChI=1S/C17H14FN5/c18-13-4-5-23(9-13)17-15-14(8-20-16(15)21-10-22-17)12-3-1-2-11(6-12)7-19/h1-3,6,8,10,13H,4-5,9H2,(H,20,21,22)/t13-/m0/s1. The van der Waals surface area contributed by atoms with E-state index in [2.05, 4.69) is 21.0 Å². The molecule has 1 saturated heterocycles. The number of nitrogens with zero attached hydrogens (tertiary/aromatic N) is 4. The number of hydrogen-bond acceptors (Lipinski definition) is 4. The molecule has 1 N–H and O–H groups in total. The van der Waals surface area contributed by atoms with E-state index in [1.54, 1.807) is 6.07 Å². The molecule has 0 unspecified atom stereocenters. The van der Waals surface area contributed by atoms with Gasteiger partial charge < -0.3 is 9.88 Å². The summed E-state index contributed by atoms with van der Waals surface area (Å²) in [6.07, 6.45) is 3.07. The van der Waals surface area contributed by atoms with Crippen LogP contribution in [0.15, 0.2) is 36.8 Å². The van der Waals surface area contributed by atoms with Gasteiger partial charge in [-0.3, -0.25) is 0 Å². The van der Waals surface area contributed by atoms with E-state index in [4.69, 9.17) is 5.26 Å². The molecule has 2 aromatic heterocycles. The number of hydrogen-bond donors (Lipinski definition) is 1. The van der Waals surface area contributed by atoms with Gasteiger partial charge >= 0.3 is 0 Å². The van der Waals surface area contributed by atoms with Crippen molar-refractivity contribution in [3.63, 3.8) is 0 Å². The van der Waals surface area contributed by atoms with Crippen LogP contribution < -0.4 is 4.90 Å². The topological polar surface area (TPSA) is 68.6 Å². The molecule has 6 heteroatoms. The molecule has 0 radical (unpaired) electrons. The predicted octanol–water partition coefficient (Wildman–Crippen LogP) is 3.04. The van der Waals surface area contributed by atoms with Crippen LogP contribution in [-0.2, 0) is 0 Å². The maximum absolute atomic E-state index is 13.6. The largest absolute Gasteiger partial charge is 0.353 e. The molecule has 0 aliphatic carbocycles. The van der Waals surface area contributed by atoms with Gasteiger partial charge in [0.2, 0.25) is 0 Å². The van der Waals surface area contributed by atoms with Crippen molar-refractivity contribution in [3.05, 3.63) is 42.4 Å². The Morgan fingerprint density at radius 1 is 1.35 bits per heavy atom. The molecule has 3 heterocycles. The highest BCUT2D eigenvalue weighted by molar-refractivity contribution is 6.01. The molecule has 1 aliphatic heterocycles. The van der Waals surface area contributed by atoms with Gasteiger partial charge in [0.1, 0.15) is 24.0 Å². The molecule has 0 saturated carbocycles. The monoisotopic (exact) mass is 307 g/mol. The molecule has 0 amide bonds. The minimum Gasteiger partial charge on any atom is -0.353 e. The molecule has 114 valence electrons. The van der Waals surface area contributed by atoms with Crippen molar-refractivity contribution >= 4 is 16.9 Å². The second kappa shape index (κ2) is 5.36. The van der Waals surface area contributed by atoms with Gasteiger partial charge in [-0.1, -0.05) is 12.1 Å². The maximum Gasteiger partial charge on any atom is 0.143 e. The highest BCUT2D eigenvalue weighted by Crippen LogP contribution is 2.35. The minimum atomic E-state index is -0.815. The number of rotatable bonds is 2. The molecule has 1 fully saturated rings. The van der Waals surface area contributed by atoms with Crippen molar-refractivity contribution in [1.29, 1.82) is 5.26 Å². The van der Waals surface area contributed by atoms with Crippen molar-refractivity contribution < 1.29 is 4.39 Å². The fourth-order valence-corrected chi connectivity index (χ4v) is 3.08. The summed E-state index contributed by atoms with van der Waals surface area (Å²) in [5.74, 6) is 0.744. The Kier molecular flexibility index (Phi) is 3.19. The normalized spacial score (nSPS) is 17.6. The summed E-state index contributed by atoms with van der Waals surface area (Å²) in [5, 5.41) is 9.97. The van der Waals surface area contributed by atoms with Crippen LogP contribution in [0.5, 0.6) is 0 Å². The van der Waals surface area contributed by atoms with E-state index in [0.717, 1.165) is 28.0 Å². The number of nitriles is 1. The number of nitrogens with one attached hydrogen (secondary N) is 1. The van der Waals surface area contributed by atoms with Gasteiger partial charge in [-0.25, -0.2) is 14.4 Å². The Morgan fingerprint density at radius 3 is 3.04 bits per heavy atom. The van der Waals surface area contributed by atoms with E-state index >= 15 is 0 Å². The van der Waals surface area contributed by atoms with E-state index in [-0.39, 0.29) is 0 Å². The Bertz CT molecular complexity index is 911. The number of anilines is 1. The zero-order valence-electron chi connectivity index (χ0n) is 12.3. The Balaban J connectivity index is 1.89. The van der Waals surface area contributed by atoms with Crippen molar-refractivity contribution in [2.45, 2.75) is 12.6 Å². The Hall–Kier alpha value is -2.94. The summed E-state index contributed by atoms with van der Waals surface area (Å²) >= 11 is 0. The quantitative estimate of drug-likeness (QED) is 0.790. The van der Waals surface area contributed by atoms with Crippen LogP contribution in [0.4, 0.5) is 10.2 Å². The average Bonchev–Trinajstić information content (AvgIpc) is 3.21. The number of benzene rings is 1. The fraction of sp³-hybridized carbons (Fsp3) is 0.235. The van der Waals surface area contributed by atoms with Crippen LogP contribution in [0.25, 0.3) is 22.2 Å². The van der Waals surface area contributed by atoms with Crippen molar-refractivity contribution in [2.75, 3.05) is 18.0 Å². The zero-order chi connectivity index (χ0) is 15.8. The number of H-pyrrole nitrogens is 1. The first-order valence-electron chi connectivity index (χ1n) is 7.48. The summed E-state index contributed by atoms with van der Waals surface area (Å²) in [6.45, 7) is 1.01. The molecule has 1 aliphatic rings. The molecule has 1 atom stereocenters. The molecular formula is C17H14FN5. The lowest BCUT2D eigenvalue weighted by atomic mass is 10.0. The second-order valence-corrected chi connectivity index (χ2v) is 5.65. The third-order valence-electron chi connectivity index (χ3n) is 4.18. The van der Waals surface area contributed by atoms with Crippen molar-refractivity contribution in [2.24, 2.45) is 0 Å². The van der Waals surface area contributed by atoms with E-state index < -0.39 is 6.17 Å². The number of fused-ring (bicyclic) bond motifs is 1. The van der Waals surface area contributed by atoms with Gasteiger partial charge in [0.15, 0.2) is 0 Å². The lowest BCUT2D eigenvalue weighted by Crippen LogP contribution is -2.21. The summed E-state index contributed by atoms with van der Waals surface area (Å²) in [6, 6.07) is 9.55. The molecule has 0 spiro atoms. The molecular weight excluding hydrogens is 293 g/mol. The third-order valence-corrected chi connectivity index (χ3v) is 4.18. The summed E-state index contributed by atoms with van der Waals surface area (Å²) in [7, 11) is 0. The average molecular weight is 307 g/mol. The third kappa shape index (κ3) is 2.30. The van der Waals surface area contributed by atoms with Gasteiger partial charge in [0.05, 0.1) is 23.6 Å². The Morgan fingerprint density at radius 2 is 2.26 bits per heavy atom. The summed E-state index contributed by atoms with van der Waals surface area (Å²) < 4.78 is 13.6. The van der Waals surface area contributed by atoms with Crippen LogP contribution in [0.2, 0.25) is 0 Å². The van der Waals surface area contributed by atoms with Crippen molar-refractivity contribution in [1.82, 2.24) is 15.0 Å². The SMILES string of the molecule is N#Cc1cccc(-c2c[nH]c3ncnc(N4CC[C@H](F)C4)c23)c1. The van der Waals surface area contributed by atoms with Gasteiger partial charge in [-0.2, -0.15) is 5.26 Å². The van der Waals surface area contributed by atoms with Crippen LogP contribution in [0, 0.1) is 11.3 Å². The lowest BCUT2D eigenvalue weighted by Gasteiger charge is -2.17. The number of halogens is 1. The summed E-state index contributed by atoms with van der Waals surface area (Å²) in [5.41, 5.74) is 3.16. The van der Waals surface area contributed by atoms with E-state index in [1.165, 1.54) is 6.33 Å². The number of alkyl halides is 1. The molecule has 1 aromatic carbocycles. The van der Waals surface area contributed by atoms with Gasteiger partial charge in [0.25, 0.3) is 0 Å². The van der Waals surface area contributed by atoms with Crippen molar-refractivity contribution in [3.8, 4) is 17.2 Å². The highest BCUT2D eigenvalue weighted by atomic mass is 19.1. The van der Waals surface area contributed by atoms with Crippen LogP contribution >= 0.6 is 0 Å². The summed E-state index contributed by atoms with van der Waals surface area (Å²) in [4.78, 5) is 13.8. The fourth-order valence-electron chi connectivity index (χ4n) is 3.08. The lowest BCUT2D eigenvalue weighted by molar-refractivity contribution is 0.364. The molecule has 0 bridgehead atoms. The molecule has 3 aromatic rings. The molecule has 5 nitrogen and oxygen atoms in total. The van der Waals surface area contributed by atoms with Gasteiger partial charge in [-0.05, 0) is 24.1 Å². The zero-order valence-corrected chi connectivity index (χ0v) is 12.3. The molecule has 23 heavy (non-hydrogen) atoms. The predicted molar refractivity (Wildman–Crippen MR) is 85.8 cm³/mol. The van der Waals surface area contributed by atoms with Crippen LogP contribution in [0.1, 0.15) is 12.0 Å². The first-order chi connectivity index (χ1) is 11.3. The minimum absolute atomic E-state index is 0.356. The first-order valence-corrected chi connectivity index (χ1v) is 7.48. The van der Waals surface area contributed by atoms with E-state index in [9.17, 15) is 4.39 Å². The van der Waals surface area contributed by atoms with Gasteiger partial charge in [-0.15, -0.1) is 0 Å². The molecule has 4 rings (SSSR count). The van der Waals surface area contributed by atoms with E-state index in [1.807, 2.05) is 29.3 Å². The number of aromatic nitrogens is 3. The second-order valence-electron chi connectivity index (χ2n) is 5.65. The van der Waals surface area contributed by atoms with E-state index in [0.29, 0.717) is 25.1 Å².